The number of rotatable bonds is 6. The zero-order valence-electron chi connectivity index (χ0n) is 17.3. The molecule has 30 heavy (non-hydrogen) atoms. The number of methoxy groups -OCH3 is 1. The maximum Gasteiger partial charge on any atom is 0.327 e. The molecule has 2 fully saturated rings. The van der Waals surface area contributed by atoms with E-state index in [1.807, 2.05) is 28.0 Å². The van der Waals surface area contributed by atoms with Gasteiger partial charge in [-0.2, -0.15) is 0 Å². The van der Waals surface area contributed by atoms with Crippen LogP contribution in [0.2, 0.25) is 5.02 Å². The molecule has 1 amide bonds. The normalized spacial score (nSPS) is 23.1. The van der Waals surface area contributed by atoms with E-state index in [1.54, 1.807) is 18.0 Å². The summed E-state index contributed by atoms with van der Waals surface area (Å²) < 4.78 is 28.4. The smallest absolute Gasteiger partial charge is 0.327 e. The van der Waals surface area contributed by atoms with Gasteiger partial charge < -0.3 is 9.64 Å². The summed E-state index contributed by atoms with van der Waals surface area (Å²) in [6.07, 6.45) is 0.497. The second-order valence-electron chi connectivity index (χ2n) is 7.82. The third-order valence-corrected chi connectivity index (χ3v) is 8.00. The van der Waals surface area contributed by atoms with Gasteiger partial charge in [0.1, 0.15) is 6.04 Å². The lowest BCUT2D eigenvalue weighted by Crippen LogP contribution is -2.52. The predicted octanol–water partition coefficient (Wildman–Crippen LogP) is 0.817. The Bertz CT molecular complexity index is 886. The molecule has 0 saturated carbocycles. The second kappa shape index (κ2) is 9.64. The number of halogens is 1. The Morgan fingerprint density at radius 2 is 1.90 bits per heavy atom. The van der Waals surface area contributed by atoms with Crippen LogP contribution in [0.15, 0.2) is 24.3 Å². The molecule has 1 aromatic rings. The highest BCUT2D eigenvalue weighted by atomic mass is 35.5. The number of piperazine rings is 1. The van der Waals surface area contributed by atoms with Crippen molar-refractivity contribution in [2.75, 3.05) is 58.4 Å². The highest BCUT2D eigenvalue weighted by Gasteiger charge is 2.35. The van der Waals surface area contributed by atoms with E-state index in [-0.39, 0.29) is 36.0 Å². The number of nitrogens with zero attached hydrogens (tertiary/aromatic N) is 3. The van der Waals surface area contributed by atoms with Crippen LogP contribution in [0, 0.1) is 0 Å². The summed E-state index contributed by atoms with van der Waals surface area (Å²) in [6, 6.07) is 6.40. The Morgan fingerprint density at radius 1 is 1.23 bits per heavy atom. The molecule has 2 aliphatic heterocycles. The number of amides is 1. The van der Waals surface area contributed by atoms with Crippen LogP contribution in [0.1, 0.15) is 18.0 Å². The molecular weight excluding hydrogens is 430 g/mol. The molecule has 1 aromatic carbocycles. The van der Waals surface area contributed by atoms with Gasteiger partial charge in [-0.3, -0.25) is 14.6 Å². The van der Waals surface area contributed by atoms with Crippen LogP contribution in [0.3, 0.4) is 0 Å². The fraction of sp³-hybridized carbons (Fsp3) is 0.600. The molecule has 0 N–H and O–H groups in total. The van der Waals surface area contributed by atoms with Gasteiger partial charge in [-0.1, -0.05) is 29.8 Å². The van der Waals surface area contributed by atoms with Crippen molar-refractivity contribution in [2.45, 2.75) is 18.5 Å². The van der Waals surface area contributed by atoms with Crippen molar-refractivity contribution in [3.8, 4) is 0 Å². The first-order chi connectivity index (χ1) is 14.2. The lowest BCUT2D eigenvalue weighted by molar-refractivity contribution is -0.148. The van der Waals surface area contributed by atoms with Crippen LogP contribution in [0.4, 0.5) is 0 Å². The van der Waals surface area contributed by atoms with Gasteiger partial charge in [0.15, 0.2) is 9.84 Å². The third-order valence-electron chi connectivity index (χ3n) is 5.90. The van der Waals surface area contributed by atoms with Crippen molar-refractivity contribution < 1.29 is 22.7 Å². The fourth-order valence-corrected chi connectivity index (χ4v) is 6.06. The lowest BCUT2D eigenvalue weighted by atomic mass is 10.0. The van der Waals surface area contributed by atoms with E-state index in [2.05, 4.69) is 0 Å². The average molecular weight is 458 g/mol. The topological polar surface area (TPSA) is 87.2 Å². The predicted molar refractivity (Wildman–Crippen MR) is 114 cm³/mol. The molecule has 0 bridgehead atoms. The zero-order chi connectivity index (χ0) is 21.9. The van der Waals surface area contributed by atoms with Gasteiger partial charge in [-0.15, -0.1) is 0 Å². The number of hydrogen-bond donors (Lipinski definition) is 0. The molecule has 3 rings (SSSR count). The maximum absolute atomic E-state index is 12.6. The van der Waals surface area contributed by atoms with Crippen LogP contribution in [-0.2, 0) is 24.2 Å². The van der Waals surface area contributed by atoms with Crippen molar-refractivity contribution in [3.05, 3.63) is 34.9 Å². The number of carbonyl (C=O) groups is 2. The van der Waals surface area contributed by atoms with Crippen LogP contribution >= 0.6 is 11.6 Å². The van der Waals surface area contributed by atoms with E-state index < -0.39 is 15.9 Å². The van der Waals surface area contributed by atoms with Crippen molar-refractivity contribution >= 4 is 33.3 Å². The first-order valence-corrected chi connectivity index (χ1v) is 12.2. The minimum Gasteiger partial charge on any atom is -0.468 e. The Hall–Kier alpha value is -1.68. The highest BCUT2D eigenvalue weighted by Crippen LogP contribution is 2.29. The van der Waals surface area contributed by atoms with Gasteiger partial charge in [-0.05, 0) is 18.1 Å². The number of esters is 1. The summed E-state index contributed by atoms with van der Waals surface area (Å²) in [5.41, 5.74) is 0.706. The molecule has 0 radical (unpaired) electrons. The Kier molecular flexibility index (Phi) is 7.38. The molecule has 166 valence electrons. The first kappa shape index (κ1) is 23.0. The quantitative estimate of drug-likeness (QED) is 0.584. The number of benzene rings is 1. The number of sulfone groups is 1. The number of likely N-dealkylation sites (N-methyl/N-ethyl adjacent to an activating group) is 1. The van der Waals surface area contributed by atoms with E-state index in [4.69, 9.17) is 16.3 Å². The minimum atomic E-state index is -3.03. The molecular formula is C20H28ClN3O5S. The first-order valence-electron chi connectivity index (χ1n) is 9.96. The summed E-state index contributed by atoms with van der Waals surface area (Å²) in [7, 11) is 0.00337. The standard InChI is InChI=1S/C20H28ClN3O5S/c1-22(15-7-12-30(27,28)14-15)18(25)13-23-8-10-24(11-9-23)19(20(26)29-2)16-5-3-4-6-17(16)21/h3-6,15,19H,7-14H2,1-2H3. The highest BCUT2D eigenvalue weighted by molar-refractivity contribution is 7.91. The summed E-state index contributed by atoms with van der Waals surface area (Å²) in [5.74, 6) is -0.261. The van der Waals surface area contributed by atoms with Gasteiger partial charge in [0, 0.05) is 44.3 Å². The van der Waals surface area contributed by atoms with Gasteiger partial charge in [0.2, 0.25) is 5.91 Å². The molecule has 10 heteroatoms. The molecule has 2 atom stereocenters. The summed E-state index contributed by atoms with van der Waals surface area (Å²) in [4.78, 5) is 30.7. The summed E-state index contributed by atoms with van der Waals surface area (Å²) >= 11 is 6.32. The Balaban J connectivity index is 1.58. The maximum atomic E-state index is 12.6. The molecule has 8 nitrogen and oxygen atoms in total. The Labute approximate surface area is 182 Å². The molecule has 2 heterocycles. The molecule has 0 spiro atoms. The van der Waals surface area contributed by atoms with E-state index in [9.17, 15) is 18.0 Å². The minimum absolute atomic E-state index is 0.0433. The molecule has 0 aromatic heterocycles. The average Bonchev–Trinajstić information content (AvgIpc) is 3.09. The van der Waals surface area contributed by atoms with E-state index in [0.29, 0.717) is 43.2 Å². The molecule has 2 aliphatic rings. The number of carbonyl (C=O) groups excluding carboxylic acids is 2. The zero-order valence-corrected chi connectivity index (χ0v) is 18.9. The van der Waals surface area contributed by atoms with Gasteiger partial charge >= 0.3 is 5.97 Å². The van der Waals surface area contributed by atoms with Crippen molar-refractivity contribution in [1.82, 2.24) is 14.7 Å². The van der Waals surface area contributed by atoms with Crippen molar-refractivity contribution in [2.24, 2.45) is 0 Å². The van der Waals surface area contributed by atoms with E-state index in [1.165, 1.54) is 7.11 Å². The fourth-order valence-electron chi connectivity index (χ4n) is 4.05. The lowest BCUT2D eigenvalue weighted by Gasteiger charge is -2.38. The summed E-state index contributed by atoms with van der Waals surface area (Å²) in [6.45, 7) is 2.62. The largest absolute Gasteiger partial charge is 0.468 e. The van der Waals surface area contributed by atoms with Crippen LogP contribution in [-0.4, -0.2) is 99.4 Å². The van der Waals surface area contributed by atoms with E-state index >= 15 is 0 Å². The van der Waals surface area contributed by atoms with Crippen molar-refractivity contribution in [1.29, 1.82) is 0 Å². The number of ether oxygens (including phenoxy) is 1. The van der Waals surface area contributed by atoms with Crippen LogP contribution in [0.25, 0.3) is 0 Å². The third kappa shape index (κ3) is 5.32. The van der Waals surface area contributed by atoms with Gasteiger partial charge in [-0.25, -0.2) is 13.2 Å². The Morgan fingerprint density at radius 3 is 2.47 bits per heavy atom. The molecule has 2 unspecified atom stereocenters. The van der Waals surface area contributed by atoms with Crippen LogP contribution in [0.5, 0.6) is 0 Å². The molecule has 0 aliphatic carbocycles. The monoisotopic (exact) mass is 457 g/mol. The summed E-state index contributed by atoms with van der Waals surface area (Å²) in [5, 5.41) is 0.513. The SMILES string of the molecule is COC(=O)C(c1ccccc1Cl)N1CCN(CC(=O)N(C)C2CCS(=O)(=O)C2)CC1. The van der Waals surface area contributed by atoms with Gasteiger partial charge in [0.05, 0.1) is 25.2 Å². The van der Waals surface area contributed by atoms with Crippen molar-refractivity contribution in [3.63, 3.8) is 0 Å². The van der Waals surface area contributed by atoms with E-state index in [0.717, 1.165) is 0 Å². The number of hydrogen-bond acceptors (Lipinski definition) is 7. The van der Waals surface area contributed by atoms with Gasteiger partial charge in [0.25, 0.3) is 0 Å². The second-order valence-corrected chi connectivity index (χ2v) is 10.5. The molecule has 2 saturated heterocycles. The van der Waals surface area contributed by atoms with Crippen LogP contribution < -0.4 is 0 Å².